The molecule has 1 aromatic heterocycles. The van der Waals surface area contributed by atoms with Crippen molar-refractivity contribution in [3.05, 3.63) is 52.2 Å². The maximum absolute atomic E-state index is 12.5. The number of carbonyl (C=O) groups excluding carboxylic acids is 2. The summed E-state index contributed by atoms with van der Waals surface area (Å²) in [5.74, 6) is -0.0582. The Bertz CT molecular complexity index is 691. The number of rotatable bonds is 5. The van der Waals surface area contributed by atoms with Crippen LogP contribution in [-0.2, 0) is 11.3 Å². The Morgan fingerprint density at radius 2 is 1.83 bits per heavy atom. The predicted molar refractivity (Wildman–Crippen MR) is 97.1 cm³/mol. The van der Waals surface area contributed by atoms with E-state index in [1.165, 1.54) is 6.42 Å². The number of hydrogen-bond acceptors (Lipinski definition) is 3. The summed E-state index contributed by atoms with van der Waals surface area (Å²) in [5.41, 5.74) is 1.11. The second-order valence-corrected chi connectivity index (χ2v) is 7.16. The molecule has 0 atom stereocenters. The average molecular weight is 342 g/mol. The highest BCUT2D eigenvalue weighted by atomic mass is 32.1. The van der Waals surface area contributed by atoms with Crippen LogP contribution in [0.5, 0.6) is 0 Å². The molecule has 1 heterocycles. The molecule has 0 spiro atoms. The summed E-state index contributed by atoms with van der Waals surface area (Å²) in [6.07, 6.45) is 5.32. The highest BCUT2D eigenvalue weighted by Crippen LogP contribution is 2.25. The average Bonchev–Trinajstić information content (AvgIpc) is 3.14. The summed E-state index contributed by atoms with van der Waals surface area (Å²) in [4.78, 5) is 26.0. The fraction of sp³-hybridized carbons (Fsp3) is 0.368. The highest BCUT2D eigenvalue weighted by Gasteiger charge is 2.22. The highest BCUT2D eigenvalue weighted by molar-refractivity contribution is 7.09. The summed E-state index contributed by atoms with van der Waals surface area (Å²) >= 11 is 1.61. The minimum atomic E-state index is -0.164. The first-order valence-electron chi connectivity index (χ1n) is 8.44. The van der Waals surface area contributed by atoms with Gasteiger partial charge in [-0.2, -0.15) is 0 Å². The van der Waals surface area contributed by atoms with Crippen LogP contribution in [0.3, 0.4) is 0 Å². The molecule has 0 radical (unpaired) electrons. The van der Waals surface area contributed by atoms with Crippen molar-refractivity contribution < 1.29 is 9.59 Å². The molecule has 0 bridgehead atoms. The van der Waals surface area contributed by atoms with Gasteiger partial charge in [0.05, 0.1) is 17.8 Å². The number of nitrogens with one attached hydrogen (secondary N) is 2. The van der Waals surface area contributed by atoms with Gasteiger partial charge in [-0.05, 0) is 36.4 Å². The van der Waals surface area contributed by atoms with E-state index in [1.54, 1.807) is 23.5 Å². The zero-order chi connectivity index (χ0) is 16.8. The largest absolute Gasteiger partial charge is 0.347 e. The lowest BCUT2D eigenvalue weighted by Gasteiger charge is -2.21. The Kier molecular flexibility index (Phi) is 5.64. The van der Waals surface area contributed by atoms with Crippen LogP contribution >= 0.6 is 11.3 Å². The molecule has 0 unspecified atom stereocenters. The molecule has 126 valence electrons. The minimum Gasteiger partial charge on any atom is -0.347 e. The Morgan fingerprint density at radius 1 is 1.04 bits per heavy atom. The quantitative estimate of drug-likeness (QED) is 0.856. The van der Waals surface area contributed by atoms with E-state index in [0.717, 1.165) is 30.6 Å². The van der Waals surface area contributed by atoms with Crippen LogP contribution < -0.4 is 10.6 Å². The first-order chi connectivity index (χ1) is 11.7. The standard InChI is InChI=1S/C19H22N2O2S/c22-18(14-7-2-1-3-8-14)21-17-11-5-4-10-16(17)19(23)20-13-15-9-6-12-24-15/h4-6,9-12,14H,1-3,7-8,13H2,(H,20,23)(H,21,22). The molecule has 1 aromatic carbocycles. The predicted octanol–water partition coefficient (Wildman–Crippen LogP) is 4.20. The molecule has 2 N–H and O–H groups in total. The number of thiophene rings is 1. The van der Waals surface area contributed by atoms with E-state index in [2.05, 4.69) is 10.6 Å². The third kappa shape index (κ3) is 4.23. The zero-order valence-corrected chi connectivity index (χ0v) is 14.4. The fourth-order valence-corrected chi connectivity index (χ4v) is 3.71. The fourth-order valence-electron chi connectivity index (χ4n) is 3.07. The number of carbonyl (C=O) groups is 2. The minimum absolute atomic E-state index is 0.0354. The molecule has 0 aliphatic heterocycles. The van der Waals surface area contributed by atoms with Gasteiger partial charge in [0, 0.05) is 10.8 Å². The molecule has 5 heteroatoms. The lowest BCUT2D eigenvalue weighted by atomic mass is 9.88. The summed E-state index contributed by atoms with van der Waals surface area (Å²) in [7, 11) is 0. The maximum Gasteiger partial charge on any atom is 0.253 e. The lowest BCUT2D eigenvalue weighted by Crippen LogP contribution is -2.28. The van der Waals surface area contributed by atoms with Crippen LogP contribution in [-0.4, -0.2) is 11.8 Å². The van der Waals surface area contributed by atoms with Gasteiger partial charge in [0.25, 0.3) is 5.91 Å². The lowest BCUT2D eigenvalue weighted by molar-refractivity contribution is -0.120. The first kappa shape index (κ1) is 16.7. The topological polar surface area (TPSA) is 58.2 Å². The molecule has 0 saturated heterocycles. The van der Waals surface area contributed by atoms with Gasteiger partial charge in [0.2, 0.25) is 5.91 Å². The smallest absolute Gasteiger partial charge is 0.253 e. The van der Waals surface area contributed by atoms with Gasteiger partial charge in [-0.1, -0.05) is 37.5 Å². The van der Waals surface area contributed by atoms with E-state index in [4.69, 9.17) is 0 Å². The zero-order valence-electron chi connectivity index (χ0n) is 13.6. The van der Waals surface area contributed by atoms with Gasteiger partial charge >= 0.3 is 0 Å². The second kappa shape index (κ2) is 8.11. The summed E-state index contributed by atoms with van der Waals surface area (Å²) in [6.45, 7) is 0.501. The maximum atomic E-state index is 12.5. The van der Waals surface area contributed by atoms with Crippen molar-refractivity contribution in [1.82, 2.24) is 5.32 Å². The van der Waals surface area contributed by atoms with E-state index in [1.807, 2.05) is 29.6 Å². The number of anilines is 1. The monoisotopic (exact) mass is 342 g/mol. The van der Waals surface area contributed by atoms with Crippen molar-refractivity contribution in [3.63, 3.8) is 0 Å². The van der Waals surface area contributed by atoms with Crippen LogP contribution in [0.1, 0.15) is 47.3 Å². The van der Waals surface area contributed by atoms with Crippen LogP contribution in [0.4, 0.5) is 5.69 Å². The van der Waals surface area contributed by atoms with E-state index >= 15 is 0 Å². The molecule has 4 nitrogen and oxygen atoms in total. The molecule has 3 rings (SSSR count). The van der Waals surface area contributed by atoms with Gasteiger partial charge in [-0.15, -0.1) is 11.3 Å². The van der Waals surface area contributed by atoms with Crippen molar-refractivity contribution in [3.8, 4) is 0 Å². The van der Waals surface area contributed by atoms with Crippen LogP contribution in [0.2, 0.25) is 0 Å². The van der Waals surface area contributed by atoms with Crippen molar-refractivity contribution in [2.24, 2.45) is 5.92 Å². The molecule has 24 heavy (non-hydrogen) atoms. The molecular formula is C19H22N2O2S. The van der Waals surface area contributed by atoms with Gasteiger partial charge in [-0.3, -0.25) is 9.59 Å². The van der Waals surface area contributed by atoms with E-state index in [-0.39, 0.29) is 17.7 Å². The van der Waals surface area contributed by atoms with Crippen molar-refractivity contribution >= 4 is 28.8 Å². The summed E-state index contributed by atoms with van der Waals surface area (Å²) in [6, 6.07) is 11.1. The van der Waals surface area contributed by atoms with E-state index in [9.17, 15) is 9.59 Å². The van der Waals surface area contributed by atoms with Gasteiger partial charge in [0.1, 0.15) is 0 Å². The Balaban J connectivity index is 1.65. The Hall–Kier alpha value is -2.14. The third-order valence-electron chi connectivity index (χ3n) is 4.41. The Labute approximate surface area is 146 Å². The van der Waals surface area contributed by atoms with Crippen LogP contribution in [0, 0.1) is 5.92 Å². The molecule has 2 aromatic rings. The van der Waals surface area contributed by atoms with Crippen LogP contribution in [0.15, 0.2) is 41.8 Å². The first-order valence-corrected chi connectivity index (χ1v) is 9.32. The summed E-state index contributed by atoms with van der Waals surface area (Å²) < 4.78 is 0. The summed E-state index contributed by atoms with van der Waals surface area (Å²) in [5, 5.41) is 7.86. The molecule has 1 saturated carbocycles. The van der Waals surface area contributed by atoms with Gasteiger partial charge in [-0.25, -0.2) is 0 Å². The van der Waals surface area contributed by atoms with Crippen LogP contribution in [0.25, 0.3) is 0 Å². The Morgan fingerprint density at radius 3 is 2.58 bits per heavy atom. The number of hydrogen-bond donors (Lipinski definition) is 2. The van der Waals surface area contributed by atoms with E-state index in [0.29, 0.717) is 17.8 Å². The van der Waals surface area contributed by atoms with Crippen molar-refractivity contribution in [2.45, 2.75) is 38.6 Å². The number of amides is 2. The van der Waals surface area contributed by atoms with Gasteiger partial charge < -0.3 is 10.6 Å². The number of benzene rings is 1. The van der Waals surface area contributed by atoms with Gasteiger partial charge in [0.15, 0.2) is 0 Å². The molecule has 2 amide bonds. The SMILES string of the molecule is O=C(NCc1cccs1)c1ccccc1NC(=O)C1CCCCC1. The molecule has 1 aliphatic rings. The normalized spacial score (nSPS) is 15.0. The van der Waals surface area contributed by atoms with E-state index < -0.39 is 0 Å². The molecular weight excluding hydrogens is 320 g/mol. The second-order valence-electron chi connectivity index (χ2n) is 6.13. The number of para-hydroxylation sites is 1. The third-order valence-corrected chi connectivity index (χ3v) is 5.29. The molecule has 1 aliphatic carbocycles. The van der Waals surface area contributed by atoms with Crippen molar-refractivity contribution in [2.75, 3.05) is 5.32 Å². The molecule has 1 fully saturated rings. The van der Waals surface area contributed by atoms with Crippen molar-refractivity contribution in [1.29, 1.82) is 0 Å².